The summed E-state index contributed by atoms with van der Waals surface area (Å²) in [5.41, 5.74) is 1.50. The monoisotopic (exact) mass is 226 g/mol. The number of rotatable bonds is 1. The zero-order chi connectivity index (χ0) is 10.8. The zero-order valence-electron chi connectivity index (χ0n) is 8.36. The standard InChI is InChI=1S/C10H11ClN2O2/c1-13-10(14)8(6-9(11)12-13)7-2-4-15-5-3-7/h2,6H,3-5H2,1H3. The SMILES string of the molecule is Cn1nc(Cl)cc(C2=CCOCC2)c1=O. The minimum absolute atomic E-state index is 0.118. The van der Waals surface area contributed by atoms with Crippen molar-refractivity contribution in [2.75, 3.05) is 13.2 Å². The summed E-state index contributed by atoms with van der Waals surface area (Å²) in [6.07, 6.45) is 2.66. The van der Waals surface area contributed by atoms with E-state index in [4.69, 9.17) is 16.3 Å². The van der Waals surface area contributed by atoms with E-state index >= 15 is 0 Å². The first-order chi connectivity index (χ1) is 7.18. The molecule has 15 heavy (non-hydrogen) atoms. The predicted octanol–water partition coefficient (Wildman–Crippen LogP) is 1.24. The van der Waals surface area contributed by atoms with Crippen molar-refractivity contribution in [2.45, 2.75) is 6.42 Å². The van der Waals surface area contributed by atoms with Gasteiger partial charge in [0.15, 0.2) is 0 Å². The van der Waals surface area contributed by atoms with Crippen LogP contribution in [0.3, 0.4) is 0 Å². The van der Waals surface area contributed by atoms with Gasteiger partial charge in [-0.25, -0.2) is 4.68 Å². The second-order valence-corrected chi connectivity index (χ2v) is 3.75. The number of hydrogen-bond donors (Lipinski definition) is 0. The summed E-state index contributed by atoms with van der Waals surface area (Å²) >= 11 is 5.81. The lowest BCUT2D eigenvalue weighted by Crippen LogP contribution is -2.24. The molecule has 0 fully saturated rings. The van der Waals surface area contributed by atoms with Crippen LogP contribution in [-0.4, -0.2) is 23.0 Å². The maximum Gasteiger partial charge on any atom is 0.274 e. The third-order valence-corrected chi connectivity index (χ3v) is 2.53. The van der Waals surface area contributed by atoms with E-state index in [-0.39, 0.29) is 5.56 Å². The molecule has 2 heterocycles. The van der Waals surface area contributed by atoms with Gasteiger partial charge in [-0.2, -0.15) is 5.10 Å². The van der Waals surface area contributed by atoms with E-state index in [1.54, 1.807) is 13.1 Å². The molecule has 80 valence electrons. The second-order valence-electron chi connectivity index (χ2n) is 3.36. The zero-order valence-corrected chi connectivity index (χ0v) is 9.12. The molecule has 0 N–H and O–H groups in total. The number of hydrogen-bond acceptors (Lipinski definition) is 3. The molecule has 5 heteroatoms. The molecule has 0 bridgehead atoms. The summed E-state index contributed by atoms with van der Waals surface area (Å²) in [5.74, 6) is 0. The Kier molecular flexibility index (Phi) is 2.88. The molecule has 1 aromatic heterocycles. The first kappa shape index (κ1) is 10.4. The van der Waals surface area contributed by atoms with Crippen molar-refractivity contribution >= 4 is 17.2 Å². The summed E-state index contributed by atoms with van der Waals surface area (Å²) < 4.78 is 6.45. The highest BCUT2D eigenvalue weighted by atomic mass is 35.5. The predicted molar refractivity (Wildman–Crippen MR) is 57.9 cm³/mol. The smallest absolute Gasteiger partial charge is 0.274 e. The highest BCUT2D eigenvalue weighted by Gasteiger charge is 2.12. The average molecular weight is 227 g/mol. The molecule has 2 rings (SSSR count). The minimum atomic E-state index is -0.118. The Balaban J connectivity index is 2.52. The second kappa shape index (κ2) is 4.16. The molecule has 0 saturated heterocycles. The topological polar surface area (TPSA) is 44.1 Å². The van der Waals surface area contributed by atoms with E-state index < -0.39 is 0 Å². The highest BCUT2D eigenvalue weighted by Crippen LogP contribution is 2.19. The van der Waals surface area contributed by atoms with Crippen LogP contribution in [0.2, 0.25) is 5.15 Å². The number of aryl methyl sites for hydroxylation is 1. The lowest BCUT2D eigenvalue weighted by molar-refractivity contribution is 0.161. The molecule has 4 nitrogen and oxygen atoms in total. The summed E-state index contributed by atoms with van der Waals surface area (Å²) in [6.45, 7) is 1.20. The number of nitrogens with zero attached hydrogens (tertiary/aromatic N) is 2. The van der Waals surface area contributed by atoms with Crippen LogP contribution in [0.15, 0.2) is 16.9 Å². The van der Waals surface area contributed by atoms with E-state index in [1.165, 1.54) is 4.68 Å². The molecular weight excluding hydrogens is 216 g/mol. The van der Waals surface area contributed by atoms with Crippen LogP contribution in [0.4, 0.5) is 0 Å². The van der Waals surface area contributed by atoms with Gasteiger partial charge in [-0.15, -0.1) is 0 Å². The van der Waals surface area contributed by atoms with Crippen LogP contribution in [0, 0.1) is 0 Å². The van der Waals surface area contributed by atoms with Gasteiger partial charge in [-0.3, -0.25) is 4.79 Å². The first-order valence-corrected chi connectivity index (χ1v) is 5.07. The van der Waals surface area contributed by atoms with Gasteiger partial charge in [0.2, 0.25) is 0 Å². The van der Waals surface area contributed by atoms with Crippen LogP contribution >= 0.6 is 11.6 Å². The van der Waals surface area contributed by atoms with Crippen molar-refractivity contribution in [3.8, 4) is 0 Å². The third-order valence-electron chi connectivity index (χ3n) is 2.34. The molecule has 1 aromatic rings. The number of aromatic nitrogens is 2. The molecule has 0 spiro atoms. The lowest BCUT2D eigenvalue weighted by atomic mass is 10.0. The number of ether oxygens (including phenoxy) is 1. The molecule has 0 aliphatic carbocycles. The molecule has 0 radical (unpaired) electrons. The van der Waals surface area contributed by atoms with Crippen LogP contribution in [0.25, 0.3) is 5.57 Å². The van der Waals surface area contributed by atoms with Gasteiger partial charge in [0, 0.05) is 12.6 Å². The van der Waals surface area contributed by atoms with Crippen molar-refractivity contribution in [1.29, 1.82) is 0 Å². The Morgan fingerprint density at radius 2 is 2.40 bits per heavy atom. The van der Waals surface area contributed by atoms with Crippen LogP contribution in [-0.2, 0) is 11.8 Å². The fourth-order valence-electron chi connectivity index (χ4n) is 1.57. The van der Waals surface area contributed by atoms with Crippen LogP contribution in [0.1, 0.15) is 12.0 Å². The van der Waals surface area contributed by atoms with Crippen molar-refractivity contribution in [3.05, 3.63) is 33.2 Å². The molecular formula is C10H11ClN2O2. The molecule has 0 unspecified atom stereocenters. The van der Waals surface area contributed by atoms with Crippen molar-refractivity contribution in [1.82, 2.24) is 9.78 Å². The maximum absolute atomic E-state index is 11.8. The Morgan fingerprint density at radius 3 is 3.07 bits per heavy atom. The minimum Gasteiger partial charge on any atom is -0.377 e. The van der Waals surface area contributed by atoms with Gasteiger partial charge in [0.25, 0.3) is 5.56 Å². The average Bonchev–Trinajstić information content (AvgIpc) is 2.24. The summed E-state index contributed by atoms with van der Waals surface area (Å²) in [7, 11) is 1.59. The van der Waals surface area contributed by atoms with E-state index in [0.29, 0.717) is 23.9 Å². The lowest BCUT2D eigenvalue weighted by Gasteiger charge is -2.13. The fraction of sp³-hybridized carbons (Fsp3) is 0.400. The first-order valence-electron chi connectivity index (χ1n) is 4.69. The van der Waals surface area contributed by atoms with Gasteiger partial charge in [0.05, 0.1) is 13.2 Å². The van der Waals surface area contributed by atoms with Gasteiger partial charge in [0.1, 0.15) is 5.15 Å². The van der Waals surface area contributed by atoms with Crippen molar-refractivity contribution < 1.29 is 4.74 Å². The van der Waals surface area contributed by atoms with Crippen molar-refractivity contribution in [2.24, 2.45) is 7.05 Å². The van der Waals surface area contributed by atoms with E-state index in [0.717, 1.165) is 12.0 Å². The normalized spacial score (nSPS) is 16.3. The Hall–Kier alpha value is -1.13. The summed E-state index contributed by atoms with van der Waals surface area (Å²) in [5, 5.41) is 4.17. The van der Waals surface area contributed by atoms with Gasteiger partial charge in [-0.1, -0.05) is 17.7 Å². The number of halogens is 1. The fourth-order valence-corrected chi connectivity index (χ4v) is 1.80. The highest BCUT2D eigenvalue weighted by molar-refractivity contribution is 6.29. The molecule has 0 atom stereocenters. The quantitative estimate of drug-likeness (QED) is 0.724. The van der Waals surface area contributed by atoms with E-state index in [1.807, 2.05) is 6.08 Å². The van der Waals surface area contributed by atoms with Gasteiger partial charge >= 0.3 is 0 Å². The Morgan fingerprint density at radius 1 is 1.60 bits per heavy atom. The largest absolute Gasteiger partial charge is 0.377 e. The Bertz CT molecular complexity index is 465. The van der Waals surface area contributed by atoms with Crippen molar-refractivity contribution in [3.63, 3.8) is 0 Å². The van der Waals surface area contributed by atoms with E-state index in [2.05, 4.69) is 5.10 Å². The Labute approximate surface area is 92.1 Å². The molecule has 0 amide bonds. The molecule has 1 aliphatic heterocycles. The molecule has 0 saturated carbocycles. The van der Waals surface area contributed by atoms with Crippen LogP contribution in [0.5, 0.6) is 0 Å². The molecule has 0 aromatic carbocycles. The summed E-state index contributed by atoms with van der Waals surface area (Å²) in [6, 6.07) is 1.61. The van der Waals surface area contributed by atoms with E-state index in [9.17, 15) is 4.79 Å². The van der Waals surface area contributed by atoms with Crippen LogP contribution < -0.4 is 5.56 Å². The summed E-state index contributed by atoms with van der Waals surface area (Å²) in [4.78, 5) is 11.8. The molecule has 1 aliphatic rings. The van der Waals surface area contributed by atoms with Gasteiger partial charge < -0.3 is 4.74 Å². The maximum atomic E-state index is 11.8. The third kappa shape index (κ3) is 2.11. The van der Waals surface area contributed by atoms with Gasteiger partial charge in [-0.05, 0) is 18.1 Å².